The van der Waals surface area contributed by atoms with Gasteiger partial charge in [-0.1, -0.05) is 74.3 Å². The number of rotatable bonds is 6. The molecule has 0 spiro atoms. The number of hydrogen-bond donors (Lipinski definition) is 0. The van der Waals surface area contributed by atoms with Crippen LogP contribution < -0.4 is 4.31 Å². The Morgan fingerprint density at radius 3 is 2.15 bits per heavy atom. The largest absolute Gasteiger partial charge is 0.289 e. The summed E-state index contributed by atoms with van der Waals surface area (Å²) in [6.45, 7) is 10.2. The van der Waals surface area contributed by atoms with Crippen LogP contribution in [0, 0.1) is 24.0 Å². The molecule has 0 N–H and O–H groups in total. The third kappa shape index (κ3) is 5.37. The molecule has 3 aromatic rings. The van der Waals surface area contributed by atoms with Crippen molar-refractivity contribution in [1.29, 1.82) is 0 Å². The van der Waals surface area contributed by atoms with Crippen molar-refractivity contribution < 1.29 is 13.3 Å². The van der Waals surface area contributed by atoms with Crippen LogP contribution in [0.1, 0.15) is 43.0 Å². The molecule has 0 amide bonds. The van der Waals surface area contributed by atoms with E-state index in [-0.39, 0.29) is 21.9 Å². The van der Waals surface area contributed by atoms with Crippen molar-refractivity contribution in [2.24, 2.45) is 0 Å². The van der Waals surface area contributed by atoms with Gasteiger partial charge < -0.3 is 0 Å². The highest BCUT2D eigenvalue weighted by atomic mass is 35.5. The van der Waals surface area contributed by atoms with Gasteiger partial charge in [-0.05, 0) is 54.2 Å². The van der Waals surface area contributed by atoms with E-state index in [1.807, 2.05) is 50.2 Å². The molecule has 0 atom stereocenters. The molecule has 6 nitrogen and oxygen atoms in total. The summed E-state index contributed by atoms with van der Waals surface area (Å²) in [6, 6.07) is 16.9. The molecule has 174 valence electrons. The number of nitro groups is 1. The molecule has 8 heteroatoms. The quantitative estimate of drug-likeness (QED) is 0.292. The Morgan fingerprint density at radius 2 is 1.61 bits per heavy atom. The van der Waals surface area contributed by atoms with Crippen LogP contribution in [-0.4, -0.2) is 13.3 Å². The van der Waals surface area contributed by atoms with Crippen LogP contribution in [0.5, 0.6) is 0 Å². The van der Waals surface area contributed by atoms with Gasteiger partial charge in [0.05, 0.1) is 22.1 Å². The second-order valence-corrected chi connectivity index (χ2v) is 11.4. The first-order valence-electron chi connectivity index (χ1n) is 10.4. The minimum absolute atomic E-state index is 0.0277. The van der Waals surface area contributed by atoms with E-state index in [9.17, 15) is 18.5 Å². The van der Waals surface area contributed by atoms with Crippen LogP contribution in [0.3, 0.4) is 0 Å². The van der Waals surface area contributed by atoms with E-state index in [2.05, 4.69) is 20.8 Å². The molecule has 33 heavy (non-hydrogen) atoms. The Morgan fingerprint density at radius 1 is 0.970 bits per heavy atom. The summed E-state index contributed by atoms with van der Waals surface area (Å²) in [5.74, 6) is 0. The zero-order valence-electron chi connectivity index (χ0n) is 19.3. The normalized spacial score (nSPS) is 11.9. The van der Waals surface area contributed by atoms with Crippen LogP contribution in [0.15, 0.2) is 65.6 Å². The van der Waals surface area contributed by atoms with E-state index < -0.39 is 20.6 Å². The molecule has 0 saturated heterocycles. The molecule has 0 saturated carbocycles. The highest BCUT2D eigenvalue weighted by molar-refractivity contribution is 7.92. The number of sulfonamides is 1. The van der Waals surface area contributed by atoms with E-state index in [0.29, 0.717) is 5.69 Å². The Bertz CT molecular complexity index is 1300. The van der Waals surface area contributed by atoms with Crippen molar-refractivity contribution in [3.05, 3.63) is 98.1 Å². The summed E-state index contributed by atoms with van der Waals surface area (Å²) in [4.78, 5) is 10.5. The monoisotopic (exact) mass is 486 g/mol. The lowest BCUT2D eigenvalue weighted by Crippen LogP contribution is -2.31. The number of anilines is 1. The average molecular weight is 487 g/mol. The van der Waals surface area contributed by atoms with Crippen LogP contribution in [0.2, 0.25) is 5.02 Å². The number of aryl methyl sites for hydroxylation is 2. The summed E-state index contributed by atoms with van der Waals surface area (Å²) >= 11 is 5.91. The first kappa shape index (κ1) is 24.7. The first-order valence-corrected chi connectivity index (χ1v) is 12.3. The maximum Gasteiger partial charge on any atom is 0.289 e. The molecule has 0 aromatic heterocycles. The van der Waals surface area contributed by atoms with Crippen molar-refractivity contribution in [3.63, 3.8) is 0 Å². The Labute approximate surface area is 200 Å². The number of hydrogen-bond acceptors (Lipinski definition) is 4. The number of benzene rings is 3. The third-order valence-electron chi connectivity index (χ3n) is 5.47. The zero-order valence-corrected chi connectivity index (χ0v) is 20.9. The molecule has 0 aliphatic rings. The maximum absolute atomic E-state index is 13.7. The van der Waals surface area contributed by atoms with Gasteiger partial charge in [-0.25, -0.2) is 8.42 Å². The summed E-state index contributed by atoms with van der Waals surface area (Å²) < 4.78 is 28.8. The Hall–Kier alpha value is -2.90. The SMILES string of the molecule is Cc1ccc(N(Cc2ccc(C(C)(C)C)cc2)S(=O)(=O)c2ccc(Cl)c([N+](=O)[O-])c2)c(C)c1. The fourth-order valence-electron chi connectivity index (χ4n) is 3.58. The van der Waals surface area contributed by atoms with Crippen LogP contribution in [0.4, 0.5) is 11.4 Å². The fourth-order valence-corrected chi connectivity index (χ4v) is 5.31. The molecule has 0 fully saturated rings. The third-order valence-corrected chi connectivity index (χ3v) is 7.54. The second kappa shape index (κ2) is 9.15. The molecule has 0 aliphatic heterocycles. The fraction of sp³-hybridized carbons (Fsp3) is 0.280. The highest BCUT2D eigenvalue weighted by Crippen LogP contribution is 2.33. The van der Waals surface area contributed by atoms with Gasteiger partial charge in [-0.3, -0.25) is 14.4 Å². The summed E-state index contributed by atoms with van der Waals surface area (Å²) in [6.07, 6.45) is 0. The van der Waals surface area contributed by atoms with Crippen molar-refractivity contribution in [1.82, 2.24) is 0 Å². The lowest BCUT2D eigenvalue weighted by molar-refractivity contribution is -0.384. The summed E-state index contributed by atoms with van der Waals surface area (Å²) in [5, 5.41) is 11.2. The smallest absolute Gasteiger partial charge is 0.262 e. The molecule has 0 aliphatic carbocycles. The molecule has 3 aromatic carbocycles. The van der Waals surface area contributed by atoms with Crippen molar-refractivity contribution in [2.75, 3.05) is 4.31 Å². The van der Waals surface area contributed by atoms with Gasteiger partial charge in [0.1, 0.15) is 5.02 Å². The standard InChI is InChI=1S/C25H27ClN2O4S/c1-17-6-13-23(18(2)14-17)27(16-19-7-9-20(10-8-19)25(3,4)5)33(31,32)21-11-12-22(26)24(15-21)28(29)30/h6-15H,16H2,1-5H3. The van der Waals surface area contributed by atoms with Gasteiger partial charge in [-0.15, -0.1) is 0 Å². The number of nitrogens with zero attached hydrogens (tertiary/aromatic N) is 2. The molecular formula is C25H27ClN2O4S. The predicted octanol–water partition coefficient (Wildman–Crippen LogP) is 6.56. The summed E-state index contributed by atoms with van der Waals surface area (Å²) in [5.41, 5.74) is 3.76. The first-order chi connectivity index (χ1) is 15.3. The van der Waals surface area contributed by atoms with E-state index >= 15 is 0 Å². The Kier molecular flexibility index (Phi) is 6.86. The molecule has 3 rings (SSSR count). The maximum atomic E-state index is 13.7. The molecular weight excluding hydrogens is 460 g/mol. The van der Waals surface area contributed by atoms with Gasteiger partial charge >= 0.3 is 0 Å². The van der Waals surface area contributed by atoms with Gasteiger partial charge in [0.25, 0.3) is 15.7 Å². The minimum Gasteiger partial charge on any atom is -0.262 e. The number of halogens is 1. The zero-order chi connectivity index (χ0) is 24.6. The number of nitro benzene ring substituents is 1. The molecule has 0 radical (unpaired) electrons. The van der Waals surface area contributed by atoms with Gasteiger partial charge in [0, 0.05) is 6.07 Å². The van der Waals surface area contributed by atoms with E-state index in [1.54, 1.807) is 6.07 Å². The topological polar surface area (TPSA) is 80.5 Å². The lowest BCUT2D eigenvalue weighted by Gasteiger charge is -2.27. The highest BCUT2D eigenvalue weighted by Gasteiger charge is 2.29. The Balaban J connectivity index is 2.13. The van der Waals surface area contributed by atoms with Crippen molar-refractivity contribution >= 4 is 33.0 Å². The lowest BCUT2D eigenvalue weighted by atomic mass is 9.87. The van der Waals surface area contributed by atoms with Gasteiger partial charge in [0.2, 0.25) is 0 Å². The minimum atomic E-state index is -4.13. The van der Waals surface area contributed by atoms with E-state index in [4.69, 9.17) is 11.6 Å². The van der Waals surface area contributed by atoms with Crippen molar-refractivity contribution in [3.8, 4) is 0 Å². The second-order valence-electron chi connectivity index (χ2n) is 9.12. The van der Waals surface area contributed by atoms with Crippen LogP contribution in [-0.2, 0) is 22.0 Å². The van der Waals surface area contributed by atoms with E-state index in [1.165, 1.54) is 16.4 Å². The van der Waals surface area contributed by atoms with Crippen LogP contribution >= 0.6 is 11.6 Å². The van der Waals surface area contributed by atoms with Gasteiger partial charge in [0.15, 0.2) is 0 Å². The molecule has 0 unspecified atom stereocenters. The predicted molar refractivity (Wildman–Crippen MR) is 133 cm³/mol. The summed E-state index contributed by atoms with van der Waals surface area (Å²) in [7, 11) is -4.13. The molecule has 0 heterocycles. The average Bonchev–Trinajstić information content (AvgIpc) is 2.72. The van der Waals surface area contributed by atoms with Crippen molar-refractivity contribution in [2.45, 2.75) is 51.5 Å². The molecule has 0 bridgehead atoms. The van der Waals surface area contributed by atoms with E-state index in [0.717, 1.165) is 28.3 Å². The van der Waals surface area contributed by atoms with Gasteiger partial charge in [-0.2, -0.15) is 0 Å². The van der Waals surface area contributed by atoms with Crippen LogP contribution in [0.25, 0.3) is 0 Å².